The van der Waals surface area contributed by atoms with Crippen LogP contribution in [0.4, 0.5) is 0 Å². The lowest BCUT2D eigenvalue weighted by molar-refractivity contribution is -0.419. The molecule has 0 radical (unpaired) electrons. The summed E-state index contributed by atoms with van der Waals surface area (Å²) in [5.41, 5.74) is -0.524. The van der Waals surface area contributed by atoms with Crippen molar-refractivity contribution in [2.24, 2.45) is 23.7 Å². The highest BCUT2D eigenvalue weighted by molar-refractivity contribution is 4.80. The Balaban J connectivity index is 4.56. The van der Waals surface area contributed by atoms with Gasteiger partial charge < -0.3 is 0 Å². The third-order valence-electron chi connectivity index (χ3n) is 4.66. The maximum atomic E-state index is 5.79. The van der Waals surface area contributed by atoms with Gasteiger partial charge in [-0.15, -0.1) is 0 Å². The van der Waals surface area contributed by atoms with E-state index in [1.165, 1.54) is 0 Å². The predicted molar refractivity (Wildman–Crippen MR) is 78.3 cm³/mol. The molecule has 0 aromatic carbocycles. The molecule has 0 aliphatic carbocycles. The van der Waals surface area contributed by atoms with Gasteiger partial charge in [0, 0.05) is 0 Å². The molecule has 110 valence electrons. The quantitative estimate of drug-likeness (QED) is 0.468. The summed E-state index contributed by atoms with van der Waals surface area (Å²) < 4.78 is 0. The number of hydrogen-bond acceptors (Lipinski definition) is 2. The van der Waals surface area contributed by atoms with Gasteiger partial charge in [0.05, 0.1) is 0 Å². The molecule has 2 atom stereocenters. The first-order chi connectivity index (χ1) is 7.92. The molecule has 0 bridgehead atoms. The average Bonchev–Trinajstić information content (AvgIpc) is 2.24. The minimum absolute atomic E-state index is 0.262. The molecule has 0 rings (SSSR count). The van der Waals surface area contributed by atoms with Gasteiger partial charge in [-0.3, -0.25) is 0 Å². The van der Waals surface area contributed by atoms with Crippen LogP contribution >= 0.6 is 0 Å². The molecule has 0 saturated carbocycles. The summed E-state index contributed by atoms with van der Waals surface area (Å²) in [4.78, 5) is 11.6. The van der Waals surface area contributed by atoms with Gasteiger partial charge in [0.15, 0.2) is 0 Å². The van der Waals surface area contributed by atoms with E-state index in [0.717, 1.165) is 0 Å². The monoisotopic (exact) mass is 258 g/mol. The molecular weight excluding hydrogens is 224 g/mol. The highest BCUT2D eigenvalue weighted by atomic mass is 17.2. The average molecular weight is 258 g/mol. The fourth-order valence-corrected chi connectivity index (χ4v) is 1.97. The Morgan fingerprint density at radius 2 is 0.778 bits per heavy atom. The lowest BCUT2D eigenvalue weighted by Gasteiger charge is -2.39. The molecule has 0 saturated heterocycles. The van der Waals surface area contributed by atoms with Gasteiger partial charge >= 0.3 is 0 Å². The standard InChI is InChI=1S/C16H34O2/c1-11(2)13(5)15(7,8)17-18-16(9,10)14(6)12(3)4/h11-14H,1-10H3. The number of rotatable bonds is 7. The molecular formula is C16H34O2. The van der Waals surface area contributed by atoms with Crippen LogP contribution in [0, 0.1) is 23.7 Å². The van der Waals surface area contributed by atoms with E-state index in [4.69, 9.17) is 9.78 Å². The van der Waals surface area contributed by atoms with Crippen molar-refractivity contribution in [1.82, 2.24) is 0 Å². The molecule has 0 aliphatic heterocycles. The SMILES string of the molecule is CC(C)C(C)C(C)(C)OOC(C)(C)C(C)C(C)C. The third-order valence-corrected chi connectivity index (χ3v) is 4.66. The Labute approximate surface area is 114 Å². The van der Waals surface area contributed by atoms with E-state index in [1.807, 2.05) is 0 Å². The molecule has 0 aromatic heterocycles. The van der Waals surface area contributed by atoms with E-state index in [2.05, 4.69) is 69.2 Å². The van der Waals surface area contributed by atoms with Crippen LogP contribution in [0.3, 0.4) is 0 Å². The van der Waals surface area contributed by atoms with E-state index in [1.54, 1.807) is 0 Å². The van der Waals surface area contributed by atoms with E-state index in [9.17, 15) is 0 Å². The van der Waals surface area contributed by atoms with Gasteiger partial charge in [0.1, 0.15) is 11.2 Å². The molecule has 2 heteroatoms. The van der Waals surface area contributed by atoms with E-state index in [0.29, 0.717) is 23.7 Å². The van der Waals surface area contributed by atoms with Crippen LogP contribution in [0.1, 0.15) is 69.2 Å². The zero-order valence-corrected chi connectivity index (χ0v) is 14.1. The Morgan fingerprint density at radius 3 is 0.944 bits per heavy atom. The zero-order valence-electron chi connectivity index (χ0n) is 14.1. The van der Waals surface area contributed by atoms with Crippen molar-refractivity contribution in [2.75, 3.05) is 0 Å². The molecule has 0 heterocycles. The molecule has 0 N–H and O–H groups in total. The summed E-state index contributed by atoms with van der Waals surface area (Å²) >= 11 is 0. The van der Waals surface area contributed by atoms with Gasteiger partial charge in [0.25, 0.3) is 0 Å². The second kappa shape index (κ2) is 6.38. The van der Waals surface area contributed by atoms with Crippen molar-refractivity contribution >= 4 is 0 Å². The maximum Gasteiger partial charge on any atom is 0.101 e. The van der Waals surface area contributed by atoms with Crippen LogP contribution in [-0.4, -0.2) is 11.2 Å². The number of hydrogen-bond donors (Lipinski definition) is 0. The van der Waals surface area contributed by atoms with E-state index >= 15 is 0 Å². The minimum atomic E-state index is -0.262. The van der Waals surface area contributed by atoms with Crippen molar-refractivity contribution in [3.05, 3.63) is 0 Å². The van der Waals surface area contributed by atoms with Crippen LogP contribution in [0.15, 0.2) is 0 Å². The molecule has 0 aromatic rings. The highest BCUT2D eigenvalue weighted by Gasteiger charge is 2.36. The van der Waals surface area contributed by atoms with Gasteiger partial charge in [-0.25, -0.2) is 9.78 Å². The van der Waals surface area contributed by atoms with Crippen molar-refractivity contribution in [3.8, 4) is 0 Å². The van der Waals surface area contributed by atoms with Crippen molar-refractivity contribution in [2.45, 2.75) is 80.4 Å². The van der Waals surface area contributed by atoms with Crippen LogP contribution in [0.5, 0.6) is 0 Å². The van der Waals surface area contributed by atoms with Crippen molar-refractivity contribution in [3.63, 3.8) is 0 Å². The first-order valence-electron chi connectivity index (χ1n) is 7.28. The smallest absolute Gasteiger partial charge is 0.101 e. The molecule has 0 spiro atoms. The first kappa shape index (κ1) is 17.9. The summed E-state index contributed by atoms with van der Waals surface area (Å²) in [6.07, 6.45) is 0. The third kappa shape index (κ3) is 4.89. The lowest BCUT2D eigenvalue weighted by Crippen LogP contribution is -2.42. The molecule has 0 amide bonds. The zero-order chi connectivity index (χ0) is 14.7. The van der Waals surface area contributed by atoms with Crippen LogP contribution in [0.25, 0.3) is 0 Å². The summed E-state index contributed by atoms with van der Waals surface area (Å²) in [6.45, 7) is 21.7. The summed E-state index contributed by atoms with van der Waals surface area (Å²) in [7, 11) is 0. The topological polar surface area (TPSA) is 18.5 Å². The fourth-order valence-electron chi connectivity index (χ4n) is 1.97. The first-order valence-corrected chi connectivity index (χ1v) is 7.28. The van der Waals surface area contributed by atoms with Crippen molar-refractivity contribution < 1.29 is 9.78 Å². The molecule has 0 aliphatic rings. The highest BCUT2D eigenvalue weighted by Crippen LogP contribution is 2.33. The van der Waals surface area contributed by atoms with Gasteiger partial charge in [0.2, 0.25) is 0 Å². The Kier molecular flexibility index (Phi) is 6.35. The fraction of sp³-hybridized carbons (Fsp3) is 1.00. The second-order valence-corrected chi connectivity index (χ2v) is 7.44. The summed E-state index contributed by atoms with van der Waals surface area (Å²) in [5, 5.41) is 0. The van der Waals surface area contributed by atoms with E-state index in [-0.39, 0.29) is 11.2 Å². The van der Waals surface area contributed by atoms with Crippen molar-refractivity contribution in [1.29, 1.82) is 0 Å². The second-order valence-electron chi connectivity index (χ2n) is 7.44. The molecule has 18 heavy (non-hydrogen) atoms. The molecule has 2 unspecified atom stereocenters. The van der Waals surface area contributed by atoms with Crippen LogP contribution < -0.4 is 0 Å². The summed E-state index contributed by atoms with van der Waals surface area (Å²) in [6, 6.07) is 0. The normalized spacial score (nSPS) is 17.3. The Morgan fingerprint density at radius 1 is 0.556 bits per heavy atom. The van der Waals surface area contributed by atoms with Gasteiger partial charge in [-0.05, 0) is 51.4 Å². The Bertz CT molecular complexity index is 215. The van der Waals surface area contributed by atoms with Crippen LogP contribution in [-0.2, 0) is 9.78 Å². The van der Waals surface area contributed by atoms with Crippen LogP contribution in [0.2, 0.25) is 0 Å². The largest absolute Gasteiger partial charge is 0.230 e. The predicted octanol–water partition coefficient (Wildman–Crippen LogP) is 5.08. The van der Waals surface area contributed by atoms with E-state index < -0.39 is 0 Å². The minimum Gasteiger partial charge on any atom is -0.230 e. The van der Waals surface area contributed by atoms with Gasteiger partial charge in [-0.1, -0.05) is 41.5 Å². The maximum absolute atomic E-state index is 5.79. The Hall–Kier alpha value is -0.0800. The molecule has 0 fully saturated rings. The lowest BCUT2D eigenvalue weighted by atomic mass is 9.83. The van der Waals surface area contributed by atoms with Gasteiger partial charge in [-0.2, -0.15) is 0 Å². The molecule has 2 nitrogen and oxygen atoms in total. The summed E-state index contributed by atoms with van der Waals surface area (Å²) in [5.74, 6) is 2.05.